The number of furan rings is 1. The molecule has 30 heavy (non-hydrogen) atoms. The van der Waals surface area contributed by atoms with Crippen molar-refractivity contribution in [3.63, 3.8) is 0 Å². The molecule has 4 aromatic rings. The standard InChI is InChI=1S/C23H19N3O3S/c1-14-10-11-20(29-14)23(28)24-17-7-5-6-16(12-17)15(2)25-26-22(27)19-13-30-21-9-4-3-8-18(19)21/h3-13H,1-2H3,(H,24,28)(H,26,27)/b25-15+. The van der Waals surface area contributed by atoms with Gasteiger partial charge in [0.25, 0.3) is 11.8 Å². The fourth-order valence-corrected chi connectivity index (χ4v) is 3.93. The van der Waals surface area contributed by atoms with Gasteiger partial charge in [-0.3, -0.25) is 9.59 Å². The molecule has 2 aromatic carbocycles. The van der Waals surface area contributed by atoms with E-state index in [0.717, 1.165) is 15.6 Å². The summed E-state index contributed by atoms with van der Waals surface area (Å²) in [6.07, 6.45) is 0. The van der Waals surface area contributed by atoms with Gasteiger partial charge in [-0.25, -0.2) is 5.43 Å². The lowest BCUT2D eigenvalue weighted by molar-refractivity contribution is 0.0955. The highest BCUT2D eigenvalue weighted by Crippen LogP contribution is 2.25. The normalized spacial score (nSPS) is 11.5. The van der Waals surface area contributed by atoms with E-state index in [9.17, 15) is 9.59 Å². The van der Waals surface area contributed by atoms with Gasteiger partial charge < -0.3 is 9.73 Å². The first-order valence-corrected chi connectivity index (χ1v) is 10.2. The number of nitrogens with zero attached hydrogens (tertiary/aromatic N) is 1. The number of carbonyl (C=O) groups excluding carboxylic acids is 2. The molecule has 0 saturated carbocycles. The quantitative estimate of drug-likeness (QED) is 0.345. The van der Waals surface area contributed by atoms with E-state index in [0.29, 0.717) is 22.7 Å². The molecule has 150 valence electrons. The smallest absolute Gasteiger partial charge is 0.291 e. The molecular weight excluding hydrogens is 398 g/mol. The minimum absolute atomic E-state index is 0.249. The van der Waals surface area contributed by atoms with Gasteiger partial charge >= 0.3 is 0 Å². The zero-order valence-corrected chi connectivity index (χ0v) is 17.2. The van der Waals surface area contributed by atoms with Crippen molar-refractivity contribution in [2.45, 2.75) is 13.8 Å². The third-order valence-electron chi connectivity index (χ3n) is 4.55. The molecule has 0 saturated heterocycles. The number of amides is 2. The summed E-state index contributed by atoms with van der Waals surface area (Å²) < 4.78 is 6.40. The highest BCUT2D eigenvalue weighted by Gasteiger charge is 2.12. The van der Waals surface area contributed by atoms with Crippen molar-refractivity contribution in [1.29, 1.82) is 0 Å². The van der Waals surface area contributed by atoms with E-state index in [1.54, 1.807) is 38.1 Å². The van der Waals surface area contributed by atoms with Crippen molar-refractivity contribution < 1.29 is 14.0 Å². The van der Waals surface area contributed by atoms with E-state index in [2.05, 4.69) is 15.8 Å². The monoisotopic (exact) mass is 417 g/mol. The van der Waals surface area contributed by atoms with Crippen molar-refractivity contribution in [1.82, 2.24) is 5.43 Å². The van der Waals surface area contributed by atoms with Gasteiger partial charge in [-0.1, -0.05) is 30.3 Å². The summed E-state index contributed by atoms with van der Waals surface area (Å²) in [5.41, 5.74) is 5.22. The number of thiophene rings is 1. The third-order valence-corrected chi connectivity index (χ3v) is 5.52. The molecular formula is C23H19N3O3S. The Morgan fingerprint density at radius 2 is 1.83 bits per heavy atom. The average Bonchev–Trinajstić information content (AvgIpc) is 3.38. The minimum atomic E-state index is -0.326. The number of anilines is 1. The second kappa shape index (κ2) is 8.34. The van der Waals surface area contributed by atoms with Gasteiger partial charge in [-0.15, -0.1) is 11.3 Å². The van der Waals surface area contributed by atoms with E-state index in [-0.39, 0.29) is 17.6 Å². The molecule has 2 N–H and O–H groups in total. The van der Waals surface area contributed by atoms with Crippen LogP contribution in [0, 0.1) is 6.92 Å². The molecule has 0 aliphatic rings. The van der Waals surface area contributed by atoms with Gasteiger partial charge in [0.2, 0.25) is 0 Å². The maximum absolute atomic E-state index is 12.5. The Morgan fingerprint density at radius 3 is 2.63 bits per heavy atom. The van der Waals surface area contributed by atoms with Crippen molar-refractivity contribution in [3.05, 3.63) is 88.7 Å². The van der Waals surface area contributed by atoms with Crippen LogP contribution in [0.1, 0.15) is 39.2 Å². The lowest BCUT2D eigenvalue weighted by Crippen LogP contribution is -2.19. The van der Waals surface area contributed by atoms with Crippen LogP contribution in [-0.2, 0) is 0 Å². The van der Waals surface area contributed by atoms with Crippen LogP contribution in [0.2, 0.25) is 0 Å². The first-order chi connectivity index (χ1) is 14.5. The maximum Gasteiger partial charge on any atom is 0.291 e. The van der Waals surface area contributed by atoms with E-state index >= 15 is 0 Å². The van der Waals surface area contributed by atoms with Gasteiger partial charge in [-0.2, -0.15) is 5.10 Å². The second-order valence-corrected chi connectivity index (χ2v) is 7.64. The van der Waals surface area contributed by atoms with E-state index in [1.165, 1.54) is 11.3 Å². The lowest BCUT2D eigenvalue weighted by Gasteiger charge is -2.07. The van der Waals surface area contributed by atoms with Gasteiger partial charge in [0, 0.05) is 21.2 Å². The molecule has 2 amide bonds. The van der Waals surface area contributed by atoms with E-state index < -0.39 is 0 Å². The molecule has 4 rings (SSSR count). The summed E-state index contributed by atoms with van der Waals surface area (Å²) in [6, 6.07) is 18.4. The van der Waals surface area contributed by atoms with Crippen LogP contribution in [0.25, 0.3) is 10.1 Å². The van der Waals surface area contributed by atoms with Gasteiger partial charge in [0.1, 0.15) is 5.76 Å². The number of aryl methyl sites for hydroxylation is 1. The minimum Gasteiger partial charge on any atom is -0.456 e. The van der Waals surface area contributed by atoms with E-state index in [1.807, 2.05) is 41.8 Å². The van der Waals surface area contributed by atoms with Crippen molar-refractivity contribution in [2.75, 3.05) is 5.32 Å². The van der Waals surface area contributed by atoms with Crippen molar-refractivity contribution in [2.24, 2.45) is 5.10 Å². The molecule has 0 bridgehead atoms. The molecule has 2 heterocycles. The van der Waals surface area contributed by atoms with Crippen molar-refractivity contribution >= 4 is 44.6 Å². The van der Waals surface area contributed by atoms with Crippen LogP contribution in [0.15, 0.2) is 75.6 Å². The topological polar surface area (TPSA) is 83.7 Å². The SMILES string of the molecule is C/C(=N\NC(=O)c1csc2ccccc12)c1cccc(NC(=O)c2ccc(C)o2)c1. The summed E-state index contributed by atoms with van der Waals surface area (Å²) in [7, 11) is 0. The van der Waals surface area contributed by atoms with Crippen LogP contribution >= 0.6 is 11.3 Å². The highest BCUT2D eigenvalue weighted by atomic mass is 32.1. The highest BCUT2D eigenvalue weighted by molar-refractivity contribution is 7.17. The molecule has 6 nitrogen and oxygen atoms in total. The predicted molar refractivity (Wildman–Crippen MR) is 119 cm³/mol. The number of carbonyl (C=O) groups is 2. The van der Waals surface area contributed by atoms with Crippen LogP contribution in [-0.4, -0.2) is 17.5 Å². The Balaban J connectivity index is 1.47. The zero-order valence-electron chi connectivity index (χ0n) is 16.4. The largest absolute Gasteiger partial charge is 0.456 e. The Kier molecular flexibility index (Phi) is 5.45. The Morgan fingerprint density at radius 1 is 1.00 bits per heavy atom. The lowest BCUT2D eigenvalue weighted by atomic mass is 10.1. The summed E-state index contributed by atoms with van der Waals surface area (Å²) in [6.45, 7) is 3.58. The first kappa shape index (κ1) is 19.6. The first-order valence-electron chi connectivity index (χ1n) is 9.30. The Bertz CT molecular complexity index is 1270. The number of hydrogen-bond acceptors (Lipinski definition) is 5. The third kappa shape index (κ3) is 4.16. The molecule has 7 heteroatoms. The summed E-state index contributed by atoms with van der Waals surface area (Å²) in [5, 5.41) is 9.77. The molecule has 0 aliphatic carbocycles. The molecule has 0 aliphatic heterocycles. The molecule has 0 fully saturated rings. The second-order valence-electron chi connectivity index (χ2n) is 6.73. The fraction of sp³-hybridized carbons (Fsp3) is 0.0870. The van der Waals surface area contributed by atoms with E-state index in [4.69, 9.17) is 4.42 Å². The number of rotatable bonds is 5. The zero-order chi connectivity index (χ0) is 21.1. The molecule has 0 unspecified atom stereocenters. The van der Waals surface area contributed by atoms with Gasteiger partial charge in [0.05, 0.1) is 11.3 Å². The van der Waals surface area contributed by atoms with Gasteiger partial charge in [0.15, 0.2) is 5.76 Å². The van der Waals surface area contributed by atoms with Crippen LogP contribution < -0.4 is 10.7 Å². The summed E-state index contributed by atoms with van der Waals surface area (Å²) in [4.78, 5) is 24.8. The maximum atomic E-state index is 12.5. The summed E-state index contributed by atoms with van der Waals surface area (Å²) in [5.74, 6) is 0.335. The van der Waals surface area contributed by atoms with Gasteiger partial charge in [-0.05, 0) is 49.7 Å². The van der Waals surface area contributed by atoms with Crippen LogP contribution in [0.3, 0.4) is 0 Å². The average molecular weight is 417 g/mol. The molecule has 0 atom stereocenters. The number of hydrazone groups is 1. The Labute approximate surface area is 177 Å². The Hall–Kier alpha value is -3.71. The molecule has 0 radical (unpaired) electrons. The summed E-state index contributed by atoms with van der Waals surface area (Å²) >= 11 is 1.52. The number of fused-ring (bicyclic) bond motifs is 1. The molecule has 0 spiro atoms. The number of benzene rings is 2. The van der Waals surface area contributed by atoms with Crippen LogP contribution in [0.4, 0.5) is 5.69 Å². The predicted octanol–water partition coefficient (Wildman–Crippen LogP) is 5.21. The molecule has 2 aromatic heterocycles. The van der Waals surface area contributed by atoms with Crippen LogP contribution in [0.5, 0.6) is 0 Å². The number of nitrogens with one attached hydrogen (secondary N) is 2. The van der Waals surface area contributed by atoms with Crippen molar-refractivity contribution in [3.8, 4) is 0 Å². The number of hydrogen-bond donors (Lipinski definition) is 2. The fourth-order valence-electron chi connectivity index (χ4n) is 2.98.